The zero-order valence-corrected chi connectivity index (χ0v) is 20.0. The van der Waals surface area contributed by atoms with Crippen LogP contribution in [-0.2, 0) is 22.6 Å². The summed E-state index contributed by atoms with van der Waals surface area (Å²) in [4.78, 5) is 46.5. The number of amides is 2. The Labute approximate surface area is 204 Å². The largest absolute Gasteiger partial charge is 0.396 e. The summed E-state index contributed by atoms with van der Waals surface area (Å²) < 4.78 is 1.74. The summed E-state index contributed by atoms with van der Waals surface area (Å²) >= 11 is 0. The number of carbonyl (C=O) groups is 2. The molecule has 1 fully saturated rings. The minimum absolute atomic E-state index is 0.0734. The normalized spacial score (nSPS) is 25.1. The highest BCUT2D eigenvalue weighted by Crippen LogP contribution is 2.48. The van der Waals surface area contributed by atoms with Crippen LogP contribution in [0.5, 0.6) is 0 Å². The number of rotatable bonds is 6. The van der Waals surface area contributed by atoms with Gasteiger partial charge in [0.15, 0.2) is 0 Å². The lowest BCUT2D eigenvalue weighted by molar-refractivity contribution is -0.136. The average Bonchev–Trinajstić information content (AvgIpc) is 3.12. The number of carbonyl (C=O) groups excluding carboxylic acids is 2. The summed E-state index contributed by atoms with van der Waals surface area (Å²) in [5, 5.41) is 13.3. The first kappa shape index (κ1) is 23.5. The van der Waals surface area contributed by atoms with Crippen LogP contribution >= 0.6 is 0 Å². The summed E-state index contributed by atoms with van der Waals surface area (Å²) in [6, 6.07) is 8.13. The third kappa shape index (κ3) is 4.10. The first-order valence-corrected chi connectivity index (χ1v) is 12.6. The van der Waals surface area contributed by atoms with Gasteiger partial charge in [0.1, 0.15) is 0 Å². The lowest BCUT2D eigenvalue weighted by Gasteiger charge is -2.38. The molecule has 4 atom stereocenters. The van der Waals surface area contributed by atoms with E-state index in [1.165, 1.54) is 0 Å². The summed E-state index contributed by atoms with van der Waals surface area (Å²) in [5.74, 6) is -1.45. The monoisotopic (exact) mass is 476 g/mol. The quantitative estimate of drug-likeness (QED) is 0.664. The van der Waals surface area contributed by atoms with Gasteiger partial charge in [-0.15, -0.1) is 0 Å². The predicted molar refractivity (Wildman–Crippen MR) is 131 cm³/mol. The molecular weight excluding hydrogens is 444 g/mol. The molecule has 3 aliphatic rings. The number of aromatic nitrogens is 2. The molecule has 2 aliphatic heterocycles. The predicted octanol–water partition coefficient (Wildman–Crippen LogP) is 2.07. The third-order valence-electron chi connectivity index (χ3n) is 7.68. The SMILES string of the molecule is CCNC(=O)[C@H]1[C@H](CO)[C@H]2Cn3c(ccc(C4=CCCCC4)c3=O)[C@@H]1N2C(=O)Cc1ccccn1. The highest BCUT2D eigenvalue weighted by Gasteiger charge is 2.57. The molecule has 35 heavy (non-hydrogen) atoms. The maximum Gasteiger partial charge on any atom is 0.258 e. The van der Waals surface area contributed by atoms with E-state index < -0.39 is 23.9 Å². The summed E-state index contributed by atoms with van der Waals surface area (Å²) in [5.41, 5.74) is 3.02. The van der Waals surface area contributed by atoms with Crippen LogP contribution in [0.2, 0.25) is 0 Å². The van der Waals surface area contributed by atoms with Crippen molar-refractivity contribution in [2.75, 3.05) is 13.2 Å². The maximum atomic E-state index is 13.6. The zero-order chi connectivity index (χ0) is 24.5. The average molecular weight is 477 g/mol. The molecule has 1 aliphatic carbocycles. The summed E-state index contributed by atoms with van der Waals surface area (Å²) in [7, 11) is 0. The van der Waals surface area contributed by atoms with Crippen molar-refractivity contribution >= 4 is 17.4 Å². The molecule has 4 heterocycles. The third-order valence-corrected chi connectivity index (χ3v) is 7.68. The fourth-order valence-corrected chi connectivity index (χ4v) is 6.12. The van der Waals surface area contributed by atoms with Crippen molar-refractivity contribution in [2.24, 2.45) is 11.8 Å². The number of aliphatic hydroxyl groups is 1. The number of hydrogen-bond acceptors (Lipinski definition) is 5. The molecule has 0 saturated carbocycles. The van der Waals surface area contributed by atoms with E-state index in [9.17, 15) is 19.5 Å². The molecule has 8 nitrogen and oxygen atoms in total. The van der Waals surface area contributed by atoms with Crippen LogP contribution in [0, 0.1) is 11.8 Å². The van der Waals surface area contributed by atoms with Crippen LogP contribution in [0.3, 0.4) is 0 Å². The fourth-order valence-electron chi connectivity index (χ4n) is 6.12. The van der Waals surface area contributed by atoms with E-state index in [-0.39, 0.29) is 36.9 Å². The first-order valence-electron chi connectivity index (χ1n) is 12.6. The van der Waals surface area contributed by atoms with Gasteiger partial charge in [-0.3, -0.25) is 19.4 Å². The van der Waals surface area contributed by atoms with Gasteiger partial charge in [0, 0.05) is 48.8 Å². The van der Waals surface area contributed by atoms with E-state index in [1.807, 2.05) is 25.1 Å². The van der Waals surface area contributed by atoms with Crippen molar-refractivity contribution < 1.29 is 14.7 Å². The van der Waals surface area contributed by atoms with Gasteiger partial charge in [0.05, 0.1) is 24.4 Å². The lowest BCUT2D eigenvalue weighted by atomic mass is 9.86. The number of nitrogens with one attached hydrogen (secondary N) is 1. The molecule has 1 saturated heterocycles. The molecule has 0 radical (unpaired) electrons. The van der Waals surface area contributed by atoms with Crippen LogP contribution in [0.1, 0.15) is 55.6 Å². The lowest BCUT2D eigenvalue weighted by Crippen LogP contribution is -2.50. The number of aliphatic hydroxyl groups excluding tert-OH is 1. The van der Waals surface area contributed by atoms with Crippen molar-refractivity contribution in [3.05, 3.63) is 69.9 Å². The molecular formula is C27H32N4O4. The Morgan fingerprint density at radius 3 is 2.74 bits per heavy atom. The topological polar surface area (TPSA) is 105 Å². The van der Waals surface area contributed by atoms with Crippen LogP contribution in [0.15, 0.2) is 47.4 Å². The molecule has 2 bridgehead atoms. The molecule has 0 spiro atoms. The molecule has 0 aromatic carbocycles. The van der Waals surface area contributed by atoms with Crippen LogP contribution in [0.25, 0.3) is 5.57 Å². The van der Waals surface area contributed by atoms with Gasteiger partial charge >= 0.3 is 0 Å². The number of fused-ring (bicyclic) bond motifs is 4. The van der Waals surface area contributed by atoms with E-state index in [2.05, 4.69) is 16.4 Å². The highest BCUT2D eigenvalue weighted by molar-refractivity contribution is 5.85. The Balaban J connectivity index is 1.59. The number of hydrogen-bond donors (Lipinski definition) is 2. The van der Waals surface area contributed by atoms with Gasteiger partial charge in [-0.25, -0.2) is 0 Å². The number of allylic oxidation sites excluding steroid dienone is 2. The highest BCUT2D eigenvalue weighted by atomic mass is 16.3. The molecule has 2 aromatic rings. The fraction of sp³-hybridized carbons (Fsp3) is 0.481. The van der Waals surface area contributed by atoms with Crippen LogP contribution < -0.4 is 10.9 Å². The van der Waals surface area contributed by atoms with E-state index in [4.69, 9.17) is 0 Å². The molecule has 2 amide bonds. The Morgan fingerprint density at radius 1 is 1.20 bits per heavy atom. The van der Waals surface area contributed by atoms with Gasteiger partial charge in [0.2, 0.25) is 11.8 Å². The van der Waals surface area contributed by atoms with Crippen molar-refractivity contribution in [2.45, 2.75) is 57.7 Å². The molecule has 8 heteroatoms. The van der Waals surface area contributed by atoms with Crippen LogP contribution in [0.4, 0.5) is 0 Å². The standard InChI is InChI=1S/C27H32N4O4/c1-2-28-26(34)24-20(16-32)22-15-30-21(12-11-19(27(30)35)17-8-4-3-5-9-17)25(24)31(22)23(33)14-18-10-6-7-13-29-18/h6-8,10-13,20,22,24-25,32H,2-5,9,14-16H2,1H3,(H,28,34)/t20-,22-,24+,25+/m1/s1. The molecule has 0 unspecified atom stereocenters. The zero-order valence-electron chi connectivity index (χ0n) is 20.0. The Kier molecular flexibility index (Phi) is 6.56. The minimum Gasteiger partial charge on any atom is -0.396 e. The van der Waals surface area contributed by atoms with Gasteiger partial charge in [0.25, 0.3) is 5.56 Å². The van der Waals surface area contributed by atoms with Gasteiger partial charge in [-0.05, 0) is 62.4 Å². The second-order valence-corrected chi connectivity index (χ2v) is 9.64. The van der Waals surface area contributed by atoms with E-state index in [0.717, 1.165) is 31.3 Å². The van der Waals surface area contributed by atoms with Gasteiger partial charge in [-0.1, -0.05) is 12.1 Å². The number of nitrogens with zero attached hydrogens (tertiary/aromatic N) is 3. The van der Waals surface area contributed by atoms with Crippen molar-refractivity contribution in [1.82, 2.24) is 19.8 Å². The van der Waals surface area contributed by atoms with E-state index in [0.29, 0.717) is 23.5 Å². The van der Waals surface area contributed by atoms with Gasteiger partial charge in [-0.2, -0.15) is 0 Å². The minimum atomic E-state index is -0.634. The van der Waals surface area contributed by atoms with Gasteiger partial charge < -0.3 is 19.9 Å². The van der Waals surface area contributed by atoms with Crippen molar-refractivity contribution in [3.8, 4) is 0 Å². The second kappa shape index (κ2) is 9.77. The molecule has 2 aromatic heterocycles. The number of pyridine rings is 2. The summed E-state index contributed by atoms with van der Waals surface area (Å²) in [6.07, 6.45) is 7.97. The molecule has 184 valence electrons. The Bertz CT molecular complexity index is 1210. The Hall–Kier alpha value is -3.26. The second-order valence-electron chi connectivity index (χ2n) is 9.64. The van der Waals surface area contributed by atoms with Crippen molar-refractivity contribution in [1.29, 1.82) is 0 Å². The maximum absolute atomic E-state index is 13.6. The smallest absolute Gasteiger partial charge is 0.258 e. The Morgan fingerprint density at radius 2 is 2.06 bits per heavy atom. The summed E-state index contributed by atoms with van der Waals surface area (Å²) in [6.45, 7) is 2.32. The van der Waals surface area contributed by atoms with E-state index >= 15 is 0 Å². The molecule has 5 rings (SSSR count). The first-order chi connectivity index (χ1) is 17.0. The van der Waals surface area contributed by atoms with Crippen LogP contribution in [-0.4, -0.2) is 50.6 Å². The van der Waals surface area contributed by atoms with E-state index in [1.54, 1.807) is 27.8 Å². The molecule has 2 N–H and O–H groups in total. The van der Waals surface area contributed by atoms with Crippen molar-refractivity contribution in [3.63, 3.8) is 0 Å².